The van der Waals surface area contributed by atoms with E-state index >= 15 is 0 Å². The van der Waals surface area contributed by atoms with Crippen LogP contribution in [0.2, 0.25) is 0 Å². The Bertz CT molecular complexity index is 1310. The van der Waals surface area contributed by atoms with Gasteiger partial charge >= 0.3 is 24.1 Å². The zero-order valence-corrected chi connectivity index (χ0v) is 26.8. The Labute approximate surface area is 262 Å². The summed E-state index contributed by atoms with van der Waals surface area (Å²) in [6.07, 6.45) is 1.58. The van der Waals surface area contributed by atoms with Crippen molar-refractivity contribution in [3.05, 3.63) is 29.8 Å². The highest BCUT2D eigenvalue weighted by Crippen LogP contribution is 2.21. The first-order chi connectivity index (χ1) is 21.2. The number of unbranched alkanes of at least 4 members (excludes halogenated alkanes) is 1. The molecule has 0 saturated carbocycles. The Balaban J connectivity index is 2.10. The van der Waals surface area contributed by atoms with E-state index < -0.39 is 57.7 Å². The molecule has 1 aliphatic rings. The molecule has 17 nitrogen and oxygen atoms in total. The molecule has 0 saturated heterocycles. The van der Waals surface area contributed by atoms with Crippen molar-refractivity contribution in [3.8, 4) is 5.75 Å². The summed E-state index contributed by atoms with van der Waals surface area (Å²) >= 11 is 0. The first kappa shape index (κ1) is 37.0. The summed E-state index contributed by atoms with van der Waals surface area (Å²) in [5.74, 6) is -1.35. The third-order valence-corrected chi connectivity index (χ3v) is 8.56. The van der Waals surface area contributed by atoms with Crippen molar-refractivity contribution in [3.63, 3.8) is 0 Å². The number of carbonyl (C=O) groups excluding carboxylic acids is 4. The van der Waals surface area contributed by atoms with Gasteiger partial charge < -0.3 is 46.9 Å². The monoisotopic (exact) mass is 656 g/mol. The van der Waals surface area contributed by atoms with Gasteiger partial charge in [-0.05, 0) is 57.9 Å². The van der Waals surface area contributed by atoms with E-state index in [0.717, 1.165) is 39.8 Å². The molecular weight excluding hydrogens is 612 g/mol. The third kappa shape index (κ3) is 11.7. The van der Waals surface area contributed by atoms with Gasteiger partial charge in [0.05, 0.1) is 18.7 Å². The number of nitrogens with zero attached hydrogens (tertiary/aromatic N) is 2. The number of aliphatic imine (C=N–C) groups is 1. The van der Waals surface area contributed by atoms with E-state index in [9.17, 15) is 27.6 Å². The van der Waals surface area contributed by atoms with E-state index in [-0.39, 0.29) is 12.2 Å². The number of amides is 3. The number of alkyl carbamates (subject to hydrolysis) is 1. The molecule has 1 aliphatic heterocycles. The van der Waals surface area contributed by atoms with E-state index in [0.29, 0.717) is 35.6 Å². The summed E-state index contributed by atoms with van der Waals surface area (Å²) in [5.41, 5.74) is 8.79. The molecule has 0 fully saturated rings. The van der Waals surface area contributed by atoms with Crippen LogP contribution in [0.25, 0.3) is 0 Å². The van der Waals surface area contributed by atoms with Crippen LogP contribution >= 0.6 is 0 Å². The predicted octanol–water partition coefficient (Wildman–Crippen LogP) is -0.0765. The number of rotatable bonds is 16. The third-order valence-electron chi connectivity index (χ3n) is 6.40. The van der Waals surface area contributed by atoms with Crippen LogP contribution in [-0.4, -0.2) is 99.2 Å². The fourth-order valence-corrected chi connectivity index (χ4v) is 5.58. The van der Waals surface area contributed by atoms with Crippen molar-refractivity contribution in [2.45, 2.75) is 64.0 Å². The molecule has 1 heterocycles. The zero-order valence-electron chi connectivity index (χ0n) is 26.0. The van der Waals surface area contributed by atoms with Crippen LogP contribution in [0.5, 0.6) is 5.75 Å². The lowest BCUT2D eigenvalue weighted by molar-refractivity contribution is -0.148. The maximum atomic E-state index is 13.5. The summed E-state index contributed by atoms with van der Waals surface area (Å²) in [6, 6.07) is 3.65. The highest BCUT2D eigenvalue weighted by atomic mass is 32.2. The number of hydrogen-bond donors (Lipinski definition) is 6. The Morgan fingerprint density at radius 2 is 1.82 bits per heavy atom. The fourth-order valence-electron chi connectivity index (χ4n) is 3.89. The van der Waals surface area contributed by atoms with Crippen molar-refractivity contribution in [2.75, 3.05) is 39.4 Å². The summed E-state index contributed by atoms with van der Waals surface area (Å²) in [4.78, 5) is 53.8. The minimum Gasteiger partial charge on any atom is -0.492 e. The van der Waals surface area contributed by atoms with Crippen LogP contribution < -0.4 is 37.5 Å². The molecule has 45 heavy (non-hydrogen) atoms. The number of benzene rings is 1. The molecule has 252 valence electrons. The molecule has 3 atom stereocenters. The minimum atomic E-state index is -4.62. The van der Waals surface area contributed by atoms with Gasteiger partial charge in [-0.3, -0.25) is 4.99 Å². The Morgan fingerprint density at radius 1 is 1.13 bits per heavy atom. The number of esters is 2. The topological polar surface area (TPSA) is 246 Å². The molecular formula is C27H44N8O9S. The normalized spacial score (nSPS) is 15.7. The molecule has 8 N–H and O–H groups in total. The maximum Gasteiger partial charge on any atom is 0.407 e. The van der Waals surface area contributed by atoms with Crippen LogP contribution in [-0.2, 0) is 24.3 Å². The van der Waals surface area contributed by atoms with Crippen LogP contribution in [0.15, 0.2) is 29.3 Å². The molecule has 1 aromatic rings. The van der Waals surface area contributed by atoms with Crippen LogP contribution in [0.1, 0.15) is 57.3 Å². The smallest absolute Gasteiger partial charge is 0.407 e. The second-order valence-electron chi connectivity index (χ2n) is 10.4. The molecule has 0 aromatic heterocycles. The Hall–Kier alpha value is -4.16. The molecule has 0 aliphatic carbocycles. The van der Waals surface area contributed by atoms with Gasteiger partial charge in [0.25, 0.3) is 0 Å². The molecule has 2 rings (SSSR count). The van der Waals surface area contributed by atoms with E-state index in [1.54, 1.807) is 0 Å². The number of carbonyl (C=O) groups is 4. The quantitative estimate of drug-likeness (QED) is 0.0592. The van der Waals surface area contributed by atoms with Gasteiger partial charge in [-0.15, -0.1) is 0 Å². The molecule has 1 aromatic carbocycles. The van der Waals surface area contributed by atoms with E-state index in [1.807, 2.05) is 12.2 Å². The Morgan fingerprint density at radius 3 is 2.42 bits per heavy atom. The van der Waals surface area contributed by atoms with Crippen LogP contribution in [0.4, 0.5) is 9.59 Å². The molecule has 0 spiro atoms. The second kappa shape index (κ2) is 17.4. The summed E-state index contributed by atoms with van der Waals surface area (Å²) in [7, 11) is -4.62. The SMILES string of the molecule is CCCCOC(=O)NC(C)CN([C@](C)(N)C(=O)OC(=O)c1ccc(OCCNC2=NCCCN2)cc1)S(=O)(=O)C(C)NC(N)=O. The average Bonchev–Trinajstić information content (AvgIpc) is 2.98. The van der Waals surface area contributed by atoms with Crippen molar-refractivity contribution < 1.29 is 41.8 Å². The van der Waals surface area contributed by atoms with Gasteiger partial charge in [-0.25, -0.2) is 27.6 Å². The fraction of sp³-hybridized carbons (Fsp3) is 0.593. The lowest BCUT2D eigenvalue weighted by Crippen LogP contribution is -2.66. The van der Waals surface area contributed by atoms with E-state index in [2.05, 4.69) is 20.9 Å². The van der Waals surface area contributed by atoms with Gasteiger partial charge in [-0.2, -0.15) is 4.31 Å². The van der Waals surface area contributed by atoms with Crippen LogP contribution in [0.3, 0.4) is 0 Å². The number of guanidine groups is 1. The lowest BCUT2D eigenvalue weighted by Gasteiger charge is -2.37. The minimum absolute atomic E-state index is 0.0339. The number of ether oxygens (including phenoxy) is 3. The van der Waals surface area contributed by atoms with E-state index in [1.165, 1.54) is 31.2 Å². The largest absolute Gasteiger partial charge is 0.492 e. The number of nitrogens with one attached hydrogen (secondary N) is 4. The number of primary amides is 1. The van der Waals surface area contributed by atoms with Gasteiger partial charge in [0, 0.05) is 25.7 Å². The summed E-state index contributed by atoms with van der Waals surface area (Å²) < 4.78 is 43.1. The molecule has 3 amide bonds. The number of nitrogens with two attached hydrogens (primary N) is 2. The van der Waals surface area contributed by atoms with Gasteiger partial charge in [0.1, 0.15) is 17.7 Å². The number of hydrogen-bond acceptors (Lipinski definition) is 13. The molecule has 0 radical (unpaired) electrons. The van der Waals surface area contributed by atoms with Crippen molar-refractivity contribution >= 4 is 40.0 Å². The highest BCUT2D eigenvalue weighted by molar-refractivity contribution is 7.89. The first-order valence-electron chi connectivity index (χ1n) is 14.5. The predicted molar refractivity (Wildman–Crippen MR) is 165 cm³/mol. The highest BCUT2D eigenvalue weighted by Gasteiger charge is 2.47. The molecule has 0 bridgehead atoms. The zero-order chi connectivity index (χ0) is 33.6. The standard InChI is InChI=1S/C27H44N8O9S/c1-5-6-15-43-26(39)33-18(2)17-35(45(40,41)19(3)34-24(28)38)27(4,29)23(37)44-22(36)20-8-10-21(11-9-20)42-16-14-32-25-30-12-7-13-31-25/h8-11,18-19H,5-7,12-17,29H2,1-4H3,(H,33,39)(H3,28,34,38)(H2,30,31,32)/t18?,19?,27-/m0/s1. The van der Waals surface area contributed by atoms with Crippen molar-refractivity contribution in [2.24, 2.45) is 16.5 Å². The summed E-state index contributed by atoms with van der Waals surface area (Å²) in [6.45, 7) is 7.48. The van der Waals surface area contributed by atoms with Gasteiger partial charge in [0.2, 0.25) is 10.0 Å². The maximum absolute atomic E-state index is 13.5. The van der Waals surface area contributed by atoms with Crippen molar-refractivity contribution in [1.29, 1.82) is 0 Å². The van der Waals surface area contributed by atoms with Gasteiger partial charge in [0.15, 0.2) is 11.6 Å². The number of sulfonamides is 1. The Kier molecular flexibility index (Phi) is 14.3. The van der Waals surface area contributed by atoms with Crippen LogP contribution in [0, 0.1) is 0 Å². The van der Waals surface area contributed by atoms with Gasteiger partial charge in [-0.1, -0.05) is 13.3 Å². The second-order valence-corrected chi connectivity index (χ2v) is 12.6. The van der Waals surface area contributed by atoms with E-state index in [4.69, 9.17) is 25.7 Å². The first-order valence-corrected chi connectivity index (χ1v) is 16.0. The van der Waals surface area contributed by atoms with Crippen molar-refractivity contribution in [1.82, 2.24) is 25.6 Å². The average molecular weight is 657 g/mol. The number of urea groups is 1. The molecule has 2 unspecified atom stereocenters. The molecule has 18 heteroatoms. The summed E-state index contributed by atoms with van der Waals surface area (Å²) in [5, 5.41) is 9.09. The lowest BCUT2D eigenvalue weighted by atomic mass is 10.2.